The average Bonchev–Trinajstić information content (AvgIpc) is 2.63. The van der Waals surface area contributed by atoms with E-state index in [4.69, 9.17) is 0 Å². The molecular formula is C13H17NOS. The van der Waals surface area contributed by atoms with Gasteiger partial charge in [-0.2, -0.15) is 0 Å². The van der Waals surface area contributed by atoms with E-state index in [1.54, 1.807) is 17.6 Å². The molecule has 4 aliphatic rings. The van der Waals surface area contributed by atoms with E-state index in [2.05, 4.69) is 3.96 Å². The maximum Gasteiger partial charge on any atom is 0.260 e. The molecule has 3 heteroatoms. The molecule has 4 saturated carbocycles. The molecule has 4 bridgehead atoms. The van der Waals surface area contributed by atoms with Gasteiger partial charge in [0.2, 0.25) is 0 Å². The van der Waals surface area contributed by atoms with Crippen LogP contribution in [0.3, 0.4) is 0 Å². The highest BCUT2D eigenvalue weighted by atomic mass is 32.1. The van der Waals surface area contributed by atoms with Crippen molar-refractivity contribution in [3.8, 4) is 0 Å². The molecule has 0 atom stereocenters. The van der Waals surface area contributed by atoms with Crippen molar-refractivity contribution < 1.29 is 0 Å². The summed E-state index contributed by atoms with van der Waals surface area (Å²) in [6.45, 7) is 0. The molecule has 0 spiro atoms. The number of nitrogens with zero attached hydrogens (tertiary/aromatic N) is 1. The standard InChI is InChI=1S/C13H17NOS/c15-12-1-2-16-14(12)13-10-4-8-3-9(6-10)7-11(13)5-8/h1-2,8-11,13H,3-7H2. The van der Waals surface area contributed by atoms with Crippen molar-refractivity contribution in [2.75, 3.05) is 0 Å². The van der Waals surface area contributed by atoms with Gasteiger partial charge >= 0.3 is 0 Å². The van der Waals surface area contributed by atoms with Gasteiger partial charge in [-0.25, -0.2) is 0 Å². The van der Waals surface area contributed by atoms with Gasteiger partial charge in [-0.05, 0) is 55.8 Å². The lowest BCUT2D eigenvalue weighted by Crippen LogP contribution is -2.47. The van der Waals surface area contributed by atoms with Gasteiger partial charge in [-0.3, -0.25) is 8.75 Å². The van der Waals surface area contributed by atoms with Crippen molar-refractivity contribution in [2.24, 2.45) is 23.7 Å². The van der Waals surface area contributed by atoms with Gasteiger partial charge in [0.05, 0.1) is 6.04 Å². The molecule has 0 N–H and O–H groups in total. The van der Waals surface area contributed by atoms with Crippen molar-refractivity contribution in [2.45, 2.75) is 38.1 Å². The second kappa shape index (κ2) is 3.22. The van der Waals surface area contributed by atoms with Gasteiger partial charge < -0.3 is 0 Å². The van der Waals surface area contributed by atoms with E-state index in [1.165, 1.54) is 32.1 Å². The fourth-order valence-corrected chi connectivity index (χ4v) is 5.73. The highest BCUT2D eigenvalue weighted by Crippen LogP contribution is 2.58. The summed E-state index contributed by atoms with van der Waals surface area (Å²) < 4.78 is 2.08. The Labute approximate surface area is 99.4 Å². The molecular weight excluding hydrogens is 218 g/mol. The van der Waals surface area contributed by atoms with E-state index in [1.807, 2.05) is 5.38 Å². The first kappa shape index (κ1) is 9.46. The lowest BCUT2D eigenvalue weighted by Gasteiger charge is -2.54. The predicted molar refractivity (Wildman–Crippen MR) is 64.7 cm³/mol. The lowest BCUT2D eigenvalue weighted by atomic mass is 9.54. The zero-order valence-corrected chi connectivity index (χ0v) is 10.2. The molecule has 1 aromatic rings. The van der Waals surface area contributed by atoms with E-state index in [9.17, 15) is 4.79 Å². The Hall–Kier alpha value is -0.570. The molecule has 1 heterocycles. The first-order valence-corrected chi connectivity index (χ1v) is 7.31. The highest BCUT2D eigenvalue weighted by Gasteiger charge is 2.49. The minimum absolute atomic E-state index is 0.238. The van der Waals surface area contributed by atoms with Crippen LogP contribution < -0.4 is 5.56 Å². The summed E-state index contributed by atoms with van der Waals surface area (Å²) in [6.07, 6.45) is 7.05. The Morgan fingerprint density at radius 3 is 2.19 bits per heavy atom. The van der Waals surface area contributed by atoms with Crippen LogP contribution in [0.4, 0.5) is 0 Å². The third-order valence-electron chi connectivity index (χ3n) is 5.05. The number of hydrogen-bond acceptors (Lipinski definition) is 2. The van der Waals surface area contributed by atoms with Gasteiger partial charge in [0.25, 0.3) is 5.56 Å². The maximum absolute atomic E-state index is 11.8. The molecule has 86 valence electrons. The van der Waals surface area contributed by atoms with Crippen molar-refractivity contribution >= 4 is 11.5 Å². The van der Waals surface area contributed by atoms with Crippen LogP contribution in [0.15, 0.2) is 16.2 Å². The topological polar surface area (TPSA) is 22.0 Å². The Balaban J connectivity index is 1.75. The second-order valence-electron chi connectivity index (χ2n) is 5.99. The van der Waals surface area contributed by atoms with E-state index in [0.29, 0.717) is 6.04 Å². The van der Waals surface area contributed by atoms with Crippen LogP contribution in [0.1, 0.15) is 38.1 Å². The van der Waals surface area contributed by atoms with Crippen molar-refractivity contribution in [3.05, 3.63) is 21.8 Å². The molecule has 16 heavy (non-hydrogen) atoms. The van der Waals surface area contributed by atoms with E-state index >= 15 is 0 Å². The second-order valence-corrected chi connectivity index (χ2v) is 6.87. The molecule has 0 saturated heterocycles. The Bertz CT molecular complexity index is 432. The van der Waals surface area contributed by atoms with E-state index in [-0.39, 0.29) is 5.56 Å². The third-order valence-corrected chi connectivity index (χ3v) is 5.96. The van der Waals surface area contributed by atoms with Crippen LogP contribution in [0.2, 0.25) is 0 Å². The van der Waals surface area contributed by atoms with E-state index in [0.717, 1.165) is 23.7 Å². The fraction of sp³-hybridized carbons (Fsp3) is 0.769. The molecule has 4 aliphatic carbocycles. The molecule has 0 unspecified atom stereocenters. The highest BCUT2D eigenvalue weighted by molar-refractivity contribution is 7.04. The van der Waals surface area contributed by atoms with Crippen LogP contribution in [-0.4, -0.2) is 3.96 Å². The molecule has 5 rings (SSSR count). The lowest BCUT2D eigenvalue weighted by molar-refractivity contribution is -0.0262. The molecule has 0 aromatic carbocycles. The largest absolute Gasteiger partial charge is 0.268 e. The van der Waals surface area contributed by atoms with Gasteiger partial charge in [0, 0.05) is 11.4 Å². The van der Waals surface area contributed by atoms with Gasteiger partial charge in [0.15, 0.2) is 0 Å². The van der Waals surface area contributed by atoms with E-state index < -0.39 is 0 Å². The number of hydrogen-bond donors (Lipinski definition) is 0. The smallest absolute Gasteiger partial charge is 0.260 e. The normalized spacial score (nSPS) is 45.1. The molecule has 4 fully saturated rings. The zero-order chi connectivity index (χ0) is 10.7. The first-order chi connectivity index (χ1) is 7.81. The van der Waals surface area contributed by atoms with Crippen molar-refractivity contribution in [1.82, 2.24) is 3.96 Å². The monoisotopic (exact) mass is 235 g/mol. The van der Waals surface area contributed by atoms with Gasteiger partial charge in [0.1, 0.15) is 0 Å². The average molecular weight is 235 g/mol. The summed E-state index contributed by atoms with van der Waals surface area (Å²) >= 11 is 1.63. The first-order valence-electron chi connectivity index (χ1n) is 6.48. The van der Waals surface area contributed by atoms with Gasteiger partial charge in [-0.15, -0.1) is 0 Å². The number of rotatable bonds is 1. The summed E-state index contributed by atoms with van der Waals surface area (Å²) in [7, 11) is 0. The summed E-state index contributed by atoms with van der Waals surface area (Å²) in [5.74, 6) is 3.61. The SMILES string of the molecule is O=c1ccsn1C1C2CC3CC(C2)CC1C3. The van der Waals surface area contributed by atoms with Gasteiger partial charge in [-0.1, -0.05) is 11.5 Å². The quantitative estimate of drug-likeness (QED) is 0.733. The summed E-state index contributed by atoms with van der Waals surface area (Å²) in [5.41, 5.74) is 0.238. The van der Waals surface area contributed by atoms with Crippen molar-refractivity contribution in [3.63, 3.8) is 0 Å². The molecule has 0 radical (unpaired) electrons. The summed E-state index contributed by atoms with van der Waals surface area (Å²) in [5, 5.41) is 1.95. The van der Waals surface area contributed by atoms with Crippen LogP contribution in [-0.2, 0) is 0 Å². The van der Waals surface area contributed by atoms with Crippen LogP contribution >= 0.6 is 11.5 Å². The summed E-state index contributed by atoms with van der Waals surface area (Å²) in [6, 6.07) is 2.29. The molecule has 0 amide bonds. The minimum atomic E-state index is 0.238. The predicted octanol–water partition coefficient (Wildman–Crippen LogP) is 2.91. The Kier molecular flexibility index (Phi) is 1.90. The third kappa shape index (κ3) is 1.21. The van der Waals surface area contributed by atoms with Crippen LogP contribution in [0.5, 0.6) is 0 Å². The summed E-state index contributed by atoms with van der Waals surface area (Å²) in [4.78, 5) is 11.8. The fourth-order valence-electron chi connectivity index (χ4n) is 4.78. The van der Waals surface area contributed by atoms with Crippen LogP contribution in [0.25, 0.3) is 0 Å². The van der Waals surface area contributed by atoms with Crippen LogP contribution in [0, 0.1) is 23.7 Å². The zero-order valence-electron chi connectivity index (χ0n) is 9.34. The molecule has 0 aliphatic heterocycles. The Morgan fingerprint density at radius 2 is 1.69 bits per heavy atom. The molecule has 1 aromatic heterocycles. The minimum Gasteiger partial charge on any atom is -0.268 e. The Morgan fingerprint density at radius 1 is 1.06 bits per heavy atom. The maximum atomic E-state index is 11.8. The number of aromatic nitrogens is 1. The van der Waals surface area contributed by atoms with Crippen molar-refractivity contribution in [1.29, 1.82) is 0 Å². The molecule has 2 nitrogen and oxygen atoms in total.